The van der Waals surface area contributed by atoms with Crippen LogP contribution in [0.1, 0.15) is 0 Å². The van der Waals surface area contributed by atoms with Crippen molar-refractivity contribution in [1.29, 1.82) is 0 Å². The van der Waals surface area contributed by atoms with Crippen LogP contribution in [0.2, 0.25) is 0 Å². The maximum Gasteiger partial charge on any atom is 0.343 e. The summed E-state index contributed by atoms with van der Waals surface area (Å²) in [7, 11) is 2.45. The van der Waals surface area contributed by atoms with Crippen molar-refractivity contribution in [3.63, 3.8) is 0 Å². The van der Waals surface area contributed by atoms with Crippen LogP contribution in [-0.2, 0) is 19.1 Å². The van der Waals surface area contributed by atoms with E-state index < -0.39 is 16.9 Å². The van der Waals surface area contributed by atoms with Crippen LogP contribution < -0.4 is 9.47 Å². The lowest BCUT2D eigenvalue weighted by atomic mass is 10.3. The maximum absolute atomic E-state index is 11.4. The molecule has 11 nitrogen and oxygen atoms in total. The van der Waals surface area contributed by atoms with E-state index in [0.717, 1.165) is 0 Å². The Hall–Kier alpha value is -4.02. The largest absolute Gasteiger partial charge is 0.482 e. The van der Waals surface area contributed by atoms with Crippen LogP contribution in [-0.4, -0.2) is 44.3 Å². The highest BCUT2D eigenvalue weighted by atomic mass is 16.6. The van der Waals surface area contributed by atoms with Crippen LogP contribution >= 0.6 is 0 Å². The van der Waals surface area contributed by atoms with Crippen molar-refractivity contribution in [2.75, 3.05) is 27.4 Å². The van der Waals surface area contributed by atoms with Gasteiger partial charge >= 0.3 is 11.9 Å². The molecular formula is C18H17N3O8. The number of esters is 2. The SMILES string of the molecule is COC(=O)COc1ccc(N=Nc2ccc([N+](=O)[O-])cc2)c(OCC(=O)OC)c1. The summed E-state index contributed by atoms with van der Waals surface area (Å²) in [6.45, 7) is -0.687. The predicted molar refractivity (Wildman–Crippen MR) is 98.7 cm³/mol. The molecule has 0 aliphatic heterocycles. The van der Waals surface area contributed by atoms with Gasteiger partial charge in [-0.3, -0.25) is 10.1 Å². The molecule has 0 atom stereocenters. The number of azo groups is 1. The summed E-state index contributed by atoms with van der Waals surface area (Å²) in [4.78, 5) is 32.7. The fourth-order valence-corrected chi connectivity index (χ4v) is 1.93. The number of nitro groups is 1. The zero-order chi connectivity index (χ0) is 21.2. The lowest BCUT2D eigenvalue weighted by Crippen LogP contribution is -2.13. The van der Waals surface area contributed by atoms with Crippen molar-refractivity contribution in [3.05, 3.63) is 52.6 Å². The number of nitrogens with zero attached hydrogens (tertiary/aromatic N) is 3. The third kappa shape index (κ3) is 6.57. The smallest absolute Gasteiger partial charge is 0.343 e. The minimum absolute atomic E-state index is 0.0711. The van der Waals surface area contributed by atoms with Crippen molar-refractivity contribution >= 4 is 29.0 Å². The van der Waals surface area contributed by atoms with E-state index in [-0.39, 0.29) is 36.1 Å². The van der Waals surface area contributed by atoms with E-state index in [0.29, 0.717) is 5.69 Å². The summed E-state index contributed by atoms with van der Waals surface area (Å²) in [6, 6.07) is 9.93. The molecule has 0 amide bonds. The molecule has 0 aromatic heterocycles. The topological polar surface area (TPSA) is 139 Å². The molecule has 29 heavy (non-hydrogen) atoms. The van der Waals surface area contributed by atoms with Crippen molar-refractivity contribution in [3.8, 4) is 11.5 Å². The Balaban J connectivity index is 2.21. The summed E-state index contributed by atoms with van der Waals surface area (Å²) < 4.78 is 19.7. The number of non-ortho nitro benzene ring substituents is 1. The number of carbonyl (C=O) groups is 2. The lowest BCUT2D eigenvalue weighted by molar-refractivity contribution is -0.384. The van der Waals surface area contributed by atoms with Gasteiger partial charge in [-0.15, -0.1) is 5.11 Å². The Labute approximate surface area is 165 Å². The summed E-state index contributed by atoms with van der Waals surface area (Å²) in [6.07, 6.45) is 0. The number of hydrogen-bond donors (Lipinski definition) is 0. The Bertz CT molecular complexity index is 912. The van der Waals surface area contributed by atoms with Crippen LogP contribution in [0.5, 0.6) is 11.5 Å². The number of benzene rings is 2. The molecule has 152 valence electrons. The minimum Gasteiger partial charge on any atom is -0.482 e. The van der Waals surface area contributed by atoms with Crippen LogP contribution in [0, 0.1) is 10.1 Å². The molecule has 11 heteroatoms. The molecule has 0 aliphatic rings. The van der Waals surface area contributed by atoms with Gasteiger partial charge in [0.2, 0.25) is 0 Å². The van der Waals surface area contributed by atoms with E-state index in [1.807, 2.05) is 0 Å². The van der Waals surface area contributed by atoms with Gasteiger partial charge in [-0.2, -0.15) is 5.11 Å². The number of rotatable bonds is 9. The monoisotopic (exact) mass is 403 g/mol. The quantitative estimate of drug-likeness (QED) is 0.269. The number of ether oxygens (including phenoxy) is 4. The van der Waals surface area contributed by atoms with Gasteiger partial charge in [-0.1, -0.05) is 0 Å². The molecule has 0 saturated heterocycles. The maximum atomic E-state index is 11.4. The van der Waals surface area contributed by atoms with Gasteiger partial charge in [0, 0.05) is 18.2 Å². The fourth-order valence-electron chi connectivity index (χ4n) is 1.93. The second-order valence-corrected chi connectivity index (χ2v) is 5.33. The second kappa shape index (κ2) is 10.3. The molecule has 0 spiro atoms. The van der Waals surface area contributed by atoms with Gasteiger partial charge in [0.1, 0.15) is 11.4 Å². The fraction of sp³-hybridized carbons (Fsp3) is 0.222. The first kappa shape index (κ1) is 21.3. The Morgan fingerprint density at radius 1 is 0.931 bits per heavy atom. The number of methoxy groups -OCH3 is 2. The first-order valence-electron chi connectivity index (χ1n) is 8.12. The molecule has 0 fully saturated rings. The molecule has 2 rings (SSSR count). The van der Waals surface area contributed by atoms with Crippen LogP contribution in [0.15, 0.2) is 52.7 Å². The van der Waals surface area contributed by atoms with Crippen molar-refractivity contribution in [1.82, 2.24) is 0 Å². The Morgan fingerprint density at radius 2 is 1.55 bits per heavy atom. The number of nitro benzene ring substituents is 1. The third-order valence-corrected chi connectivity index (χ3v) is 3.42. The first-order chi connectivity index (χ1) is 13.9. The van der Waals surface area contributed by atoms with Crippen LogP contribution in [0.25, 0.3) is 0 Å². The summed E-state index contributed by atoms with van der Waals surface area (Å²) in [5, 5.41) is 18.7. The van der Waals surface area contributed by atoms with E-state index >= 15 is 0 Å². The van der Waals surface area contributed by atoms with Crippen LogP contribution in [0.3, 0.4) is 0 Å². The van der Waals surface area contributed by atoms with Gasteiger partial charge < -0.3 is 18.9 Å². The van der Waals surface area contributed by atoms with Gasteiger partial charge in [-0.25, -0.2) is 9.59 Å². The first-order valence-corrected chi connectivity index (χ1v) is 8.12. The van der Waals surface area contributed by atoms with E-state index in [2.05, 4.69) is 19.7 Å². The van der Waals surface area contributed by atoms with Gasteiger partial charge in [0.25, 0.3) is 5.69 Å². The molecule has 0 aliphatic carbocycles. The lowest BCUT2D eigenvalue weighted by Gasteiger charge is -2.10. The van der Waals surface area contributed by atoms with Gasteiger partial charge in [0.15, 0.2) is 19.0 Å². The predicted octanol–water partition coefficient (Wildman–Crippen LogP) is 3.11. The molecule has 2 aromatic carbocycles. The normalized spacial score (nSPS) is 10.4. The van der Waals surface area contributed by atoms with E-state index in [1.54, 1.807) is 0 Å². The average molecular weight is 403 g/mol. The molecule has 0 heterocycles. The number of hydrogen-bond acceptors (Lipinski definition) is 10. The molecule has 0 radical (unpaired) electrons. The van der Waals surface area contributed by atoms with E-state index in [4.69, 9.17) is 9.47 Å². The molecule has 0 bridgehead atoms. The Kier molecular flexibility index (Phi) is 7.59. The summed E-state index contributed by atoms with van der Waals surface area (Å²) in [5.74, 6) is -0.735. The molecule has 0 N–H and O–H groups in total. The summed E-state index contributed by atoms with van der Waals surface area (Å²) in [5.41, 5.74) is 0.566. The van der Waals surface area contributed by atoms with E-state index in [1.165, 1.54) is 56.7 Å². The highest BCUT2D eigenvalue weighted by molar-refractivity contribution is 5.72. The Morgan fingerprint density at radius 3 is 2.14 bits per heavy atom. The average Bonchev–Trinajstić information content (AvgIpc) is 2.74. The van der Waals surface area contributed by atoms with Crippen molar-refractivity contribution in [2.24, 2.45) is 10.2 Å². The van der Waals surface area contributed by atoms with Gasteiger partial charge in [0.05, 0.1) is 24.8 Å². The standard InChI is InChI=1S/C18H17N3O8/c1-26-17(22)10-28-14-7-8-15(16(9-14)29-11-18(23)27-2)20-19-12-3-5-13(6-4-12)21(24)25/h3-9H,10-11H2,1-2H3. The zero-order valence-electron chi connectivity index (χ0n) is 15.6. The molecule has 0 unspecified atom stereocenters. The van der Waals surface area contributed by atoms with Crippen LogP contribution in [0.4, 0.5) is 17.1 Å². The minimum atomic E-state index is -0.607. The van der Waals surface area contributed by atoms with E-state index in [9.17, 15) is 19.7 Å². The van der Waals surface area contributed by atoms with Gasteiger partial charge in [-0.05, 0) is 24.3 Å². The zero-order valence-corrected chi connectivity index (χ0v) is 15.6. The number of carbonyl (C=O) groups excluding carboxylic acids is 2. The highest BCUT2D eigenvalue weighted by Gasteiger charge is 2.11. The molecule has 0 saturated carbocycles. The highest BCUT2D eigenvalue weighted by Crippen LogP contribution is 2.33. The summed E-state index contributed by atoms with van der Waals surface area (Å²) >= 11 is 0. The molecular weight excluding hydrogens is 386 g/mol. The molecule has 2 aromatic rings. The third-order valence-electron chi connectivity index (χ3n) is 3.42. The van der Waals surface area contributed by atoms with Crippen molar-refractivity contribution < 1.29 is 33.5 Å². The van der Waals surface area contributed by atoms with Crippen molar-refractivity contribution in [2.45, 2.75) is 0 Å². The second-order valence-electron chi connectivity index (χ2n) is 5.33.